The first kappa shape index (κ1) is 13.2. The van der Waals surface area contributed by atoms with E-state index >= 15 is 0 Å². The lowest BCUT2D eigenvalue weighted by atomic mass is 10.1. The van der Waals surface area contributed by atoms with E-state index < -0.39 is 24.5 Å². The Bertz CT molecular complexity index is 618. The smallest absolute Gasteiger partial charge is 0.167 e. The Kier molecular flexibility index (Phi) is 3.26. The summed E-state index contributed by atoms with van der Waals surface area (Å²) < 4.78 is 12.3. The molecular formula is C11H15N5O4. The van der Waals surface area contributed by atoms with Crippen molar-refractivity contribution < 1.29 is 19.7 Å². The second kappa shape index (κ2) is 4.94. The molecule has 2 aromatic heterocycles. The van der Waals surface area contributed by atoms with Crippen molar-refractivity contribution in [3.05, 3.63) is 12.7 Å². The first-order chi connectivity index (χ1) is 9.67. The van der Waals surface area contributed by atoms with Gasteiger partial charge in [-0.05, 0) is 0 Å². The topological polar surface area (TPSA) is 129 Å². The van der Waals surface area contributed by atoms with Crippen LogP contribution >= 0.6 is 0 Å². The Labute approximate surface area is 114 Å². The number of nitrogens with zero attached hydrogens (tertiary/aromatic N) is 4. The van der Waals surface area contributed by atoms with Crippen LogP contribution in [0.1, 0.15) is 6.23 Å². The van der Waals surface area contributed by atoms with Gasteiger partial charge in [0.2, 0.25) is 0 Å². The number of ether oxygens (including phenoxy) is 2. The van der Waals surface area contributed by atoms with Gasteiger partial charge in [-0.25, -0.2) is 15.0 Å². The normalized spacial score (nSPS) is 30.1. The third kappa shape index (κ3) is 1.83. The van der Waals surface area contributed by atoms with Gasteiger partial charge >= 0.3 is 0 Å². The van der Waals surface area contributed by atoms with Gasteiger partial charge in [0.25, 0.3) is 0 Å². The quantitative estimate of drug-likeness (QED) is 0.631. The number of anilines is 1. The molecule has 0 bridgehead atoms. The molecule has 1 saturated heterocycles. The van der Waals surface area contributed by atoms with Gasteiger partial charge in [-0.3, -0.25) is 4.57 Å². The van der Waals surface area contributed by atoms with Gasteiger partial charge in [-0.2, -0.15) is 0 Å². The van der Waals surface area contributed by atoms with Crippen molar-refractivity contribution in [2.24, 2.45) is 0 Å². The van der Waals surface area contributed by atoms with Gasteiger partial charge in [-0.15, -0.1) is 0 Å². The van der Waals surface area contributed by atoms with Crippen molar-refractivity contribution in [2.75, 3.05) is 19.5 Å². The number of nitrogens with two attached hydrogens (primary N) is 1. The molecule has 4 atom stereocenters. The molecule has 2 aromatic rings. The van der Waals surface area contributed by atoms with Crippen molar-refractivity contribution in [1.29, 1.82) is 0 Å². The maximum Gasteiger partial charge on any atom is 0.167 e. The Hall–Kier alpha value is -1.81. The largest absolute Gasteiger partial charge is 0.394 e. The van der Waals surface area contributed by atoms with Gasteiger partial charge in [0.15, 0.2) is 17.7 Å². The predicted octanol–water partition coefficient (Wildman–Crippen LogP) is -1.33. The van der Waals surface area contributed by atoms with Gasteiger partial charge in [-0.1, -0.05) is 0 Å². The van der Waals surface area contributed by atoms with Crippen LogP contribution in [0.25, 0.3) is 11.2 Å². The average Bonchev–Trinajstić information content (AvgIpc) is 3.00. The molecule has 0 aliphatic carbocycles. The number of imidazole rings is 1. The first-order valence-electron chi connectivity index (χ1n) is 6.07. The van der Waals surface area contributed by atoms with Crippen LogP contribution in [0.2, 0.25) is 0 Å². The van der Waals surface area contributed by atoms with Crippen LogP contribution in [0.3, 0.4) is 0 Å². The average molecular weight is 281 g/mol. The summed E-state index contributed by atoms with van der Waals surface area (Å²) in [7, 11) is 1.45. The Balaban J connectivity index is 2.01. The van der Waals surface area contributed by atoms with Crippen molar-refractivity contribution >= 4 is 17.0 Å². The molecule has 9 nitrogen and oxygen atoms in total. The number of hydrogen-bond acceptors (Lipinski definition) is 8. The molecule has 4 N–H and O–H groups in total. The van der Waals surface area contributed by atoms with E-state index in [0.29, 0.717) is 11.2 Å². The molecule has 3 rings (SSSR count). The molecule has 0 aromatic carbocycles. The van der Waals surface area contributed by atoms with E-state index in [-0.39, 0.29) is 12.4 Å². The molecule has 20 heavy (non-hydrogen) atoms. The highest BCUT2D eigenvalue weighted by molar-refractivity contribution is 5.81. The summed E-state index contributed by atoms with van der Waals surface area (Å²) in [6, 6.07) is 0. The molecule has 0 amide bonds. The number of fused-ring (bicyclic) bond motifs is 1. The van der Waals surface area contributed by atoms with E-state index in [1.54, 1.807) is 4.57 Å². The number of nitrogen functional groups attached to an aromatic ring is 1. The predicted molar refractivity (Wildman–Crippen MR) is 67.5 cm³/mol. The molecule has 0 radical (unpaired) electrons. The fourth-order valence-corrected chi connectivity index (χ4v) is 2.44. The summed E-state index contributed by atoms with van der Waals surface area (Å²) >= 11 is 0. The second-order valence-corrected chi connectivity index (χ2v) is 4.52. The van der Waals surface area contributed by atoms with Gasteiger partial charge in [0.1, 0.15) is 30.2 Å². The highest BCUT2D eigenvalue weighted by Crippen LogP contribution is 2.32. The summed E-state index contributed by atoms with van der Waals surface area (Å²) in [5, 5.41) is 19.5. The summed E-state index contributed by atoms with van der Waals surface area (Å²) in [5.74, 6) is 0.253. The highest BCUT2D eigenvalue weighted by Gasteiger charge is 2.45. The van der Waals surface area contributed by atoms with Gasteiger partial charge < -0.3 is 25.4 Å². The first-order valence-corrected chi connectivity index (χ1v) is 6.07. The minimum absolute atomic E-state index is 0.253. The summed E-state index contributed by atoms with van der Waals surface area (Å²) in [5.41, 5.74) is 6.60. The second-order valence-electron chi connectivity index (χ2n) is 4.52. The minimum Gasteiger partial charge on any atom is -0.394 e. The molecule has 1 aliphatic rings. The lowest BCUT2D eigenvalue weighted by Crippen LogP contribution is -2.35. The molecule has 0 spiro atoms. The molecule has 9 heteroatoms. The fourth-order valence-electron chi connectivity index (χ4n) is 2.44. The van der Waals surface area contributed by atoms with Crippen molar-refractivity contribution in [3.63, 3.8) is 0 Å². The number of methoxy groups -OCH3 is 1. The van der Waals surface area contributed by atoms with Crippen LogP contribution < -0.4 is 5.73 Å². The highest BCUT2D eigenvalue weighted by atomic mass is 16.6. The van der Waals surface area contributed by atoms with E-state index in [1.807, 2.05) is 0 Å². The zero-order valence-corrected chi connectivity index (χ0v) is 10.7. The van der Waals surface area contributed by atoms with E-state index in [9.17, 15) is 10.2 Å². The lowest BCUT2D eigenvalue weighted by molar-refractivity contribution is -0.0535. The number of aliphatic hydroxyl groups excluding tert-OH is 2. The van der Waals surface area contributed by atoms with Crippen LogP contribution in [-0.2, 0) is 9.47 Å². The Morgan fingerprint density at radius 2 is 2.25 bits per heavy atom. The van der Waals surface area contributed by atoms with Crippen molar-refractivity contribution in [2.45, 2.75) is 24.5 Å². The summed E-state index contributed by atoms with van der Waals surface area (Å²) in [4.78, 5) is 12.1. The standard InChI is InChI=1S/C11H15N5O4/c1-19-8-5(2-17)20-11(7(8)18)16-4-15-6-9(12)13-3-14-10(6)16/h3-5,7-8,11,17-18H,2H2,1H3,(H2,12,13,14)/t5-,7+,8-,11-/m0/s1. The maximum atomic E-state index is 10.3. The van der Waals surface area contributed by atoms with Crippen LogP contribution in [0.4, 0.5) is 5.82 Å². The van der Waals surface area contributed by atoms with Gasteiger partial charge in [0.05, 0.1) is 12.9 Å². The molecule has 3 heterocycles. The van der Waals surface area contributed by atoms with Gasteiger partial charge in [0, 0.05) is 7.11 Å². The summed E-state index contributed by atoms with van der Waals surface area (Å²) in [6.45, 7) is -0.254. The zero-order valence-electron chi connectivity index (χ0n) is 10.7. The molecule has 0 unspecified atom stereocenters. The van der Waals surface area contributed by atoms with Crippen molar-refractivity contribution in [1.82, 2.24) is 19.5 Å². The van der Waals surface area contributed by atoms with E-state index in [1.165, 1.54) is 19.8 Å². The summed E-state index contributed by atoms with van der Waals surface area (Å²) in [6.07, 6.45) is -0.162. The third-order valence-corrected chi connectivity index (χ3v) is 3.42. The lowest BCUT2D eigenvalue weighted by Gasteiger charge is -2.17. The van der Waals surface area contributed by atoms with E-state index in [0.717, 1.165) is 0 Å². The molecular weight excluding hydrogens is 266 g/mol. The zero-order chi connectivity index (χ0) is 14.3. The maximum absolute atomic E-state index is 10.3. The van der Waals surface area contributed by atoms with Crippen LogP contribution in [0.5, 0.6) is 0 Å². The number of rotatable bonds is 3. The minimum atomic E-state index is -0.953. The SMILES string of the molecule is CO[C@@H]1[C@@H](O)[C@@H](n2cnc3c(N)ncnc32)O[C@H]1CO. The third-order valence-electron chi connectivity index (χ3n) is 3.42. The number of hydrogen-bond donors (Lipinski definition) is 3. The number of aromatic nitrogens is 4. The van der Waals surface area contributed by atoms with E-state index in [2.05, 4.69) is 15.0 Å². The van der Waals surface area contributed by atoms with Crippen LogP contribution in [-0.4, -0.2) is 61.8 Å². The monoisotopic (exact) mass is 281 g/mol. The molecule has 1 fully saturated rings. The molecule has 108 valence electrons. The van der Waals surface area contributed by atoms with Crippen LogP contribution in [0.15, 0.2) is 12.7 Å². The Morgan fingerprint density at radius 1 is 1.45 bits per heavy atom. The Morgan fingerprint density at radius 3 is 2.90 bits per heavy atom. The van der Waals surface area contributed by atoms with Crippen molar-refractivity contribution in [3.8, 4) is 0 Å². The molecule has 0 saturated carbocycles. The fraction of sp³-hybridized carbons (Fsp3) is 0.545. The van der Waals surface area contributed by atoms with Crippen LogP contribution in [0, 0.1) is 0 Å². The van der Waals surface area contributed by atoms with E-state index in [4.69, 9.17) is 15.2 Å². The number of aliphatic hydroxyl groups is 2. The molecule has 1 aliphatic heterocycles.